The molecule has 1 fully saturated rings. The molecule has 0 unspecified atom stereocenters. The maximum Gasteiger partial charge on any atom is 0.146 e. The summed E-state index contributed by atoms with van der Waals surface area (Å²) in [6, 6.07) is 8.67. The zero-order valence-corrected chi connectivity index (χ0v) is 13.8. The molecule has 1 aromatic carbocycles. The fraction of sp³-hybridized carbons (Fsp3) is 0.632. The average molecular weight is 285 g/mol. The van der Waals surface area contributed by atoms with Gasteiger partial charge in [-0.3, -0.25) is 4.79 Å². The Hall–Kier alpha value is -1.15. The molecular weight excluding hydrogens is 258 g/mol. The highest BCUT2D eigenvalue weighted by atomic mass is 16.1. The van der Waals surface area contributed by atoms with E-state index in [0.717, 1.165) is 32.4 Å². The number of hydrogen-bond donors (Lipinski definition) is 0. The second-order valence-electron chi connectivity index (χ2n) is 7.63. The highest BCUT2D eigenvalue weighted by Crippen LogP contribution is 2.55. The minimum Gasteiger partial charge on any atom is -0.306 e. The molecule has 3 rings (SSSR count). The van der Waals surface area contributed by atoms with Gasteiger partial charge >= 0.3 is 0 Å². The number of likely N-dealkylation sites (tertiary alicyclic amines) is 1. The van der Waals surface area contributed by atoms with Gasteiger partial charge in [0.25, 0.3) is 0 Å². The zero-order chi connectivity index (χ0) is 15.3. The lowest BCUT2D eigenvalue weighted by atomic mass is 9.49. The minimum atomic E-state index is -0.275. The Balaban J connectivity index is 2.22. The molecule has 21 heavy (non-hydrogen) atoms. The number of carbonyl (C=O) groups excluding carboxylic acids is 1. The smallest absolute Gasteiger partial charge is 0.146 e. The van der Waals surface area contributed by atoms with Crippen LogP contribution in [0.1, 0.15) is 44.7 Å². The number of rotatable bonds is 2. The fourth-order valence-corrected chi connectivity index (χ4v) is 4.83. The molecule has 1 heterocycles. The van der Waals surface area contributed by atoms with Crippen LogP contribution in [-0.4, -0.2) is 30.8 Å². The summed E-state index contributed by atoms with van der Waals surface area (Å²) in [5.41, 5.74) is 2.51. The molecule has 1 aliphatic carbocycles. The van der Waals surface area contributed by atoms with Crippen LogP contribution in [0.25, 0.3) is 0 Å². The first-order chi connectivity index (χ1) is 9.91. The standard InChI is InChI=1S/C19H27NO/c1-14(2)17(21)19-11-12-20(4)13-18(19,3)10-9-15-7-5-6-8-16(15)19/h5-8,14H,9-13H2,1-4H3/t18-,19-/m1/s1. The lowest BCUT2D eigenvalue weighted by Crippen LogP contribution is -2.62. The van der Waals surface area contributed by atoms with Crippen LogP contribution >= 0.6 is 0 Å². The van der Waals surface area contributed by atoms with Crippen LogP contribution in [0.15, 0.2) is 24.3 Å². The summed E-state index contributed by atoms with van der Waals surface area (Å²) in [4.78, 5) is 15.7. The lowest BCUT2D eigenvalue weighted by molar-refractivity contribution is -0.138. The first-order valence-electron chi connectivity index (χ1n) is 8.22. The van der Waals surface area contributed by atoms with Crippen molar-refractivity contribution in [2.45, 2.75) is 45.4 Å². The summed E-state index contributed by atoms with van der Waals surface area (Å²) in [6.07, 6.45) is 3.19. The van der Waals surface area contributed by atoms with Gasteiger partial charge < -0.3 is 4.90 Å². The van der Waals surface area contributed by atoms with E-state index in [1.807, 2.05) is 0 Å². The second-order valence-corrected chi connectivity index (χ2v) is 7.63. The third-order valence-corrected chi connectivity index (χ3v) is 5.89. The van der Waals surface area contributed by atoms with Crippen molar-refractivity contribution in [3.8, 4) is 0 Å². The van der Waals surface area contributed by atoms with Gasteiger partial charge in [-0.15, -0.1) is 0 Å². The zero-order valence-electron chi connectivity index (χ0n) is 13.8. The molecule has 0 amide bonds. The molecule has 2 aliphatic rings. The van der Waals surface area contributed by atoms with E-state index < -0.39 is 0 Å². The van der Waals surface area contributed by atoms with Gasteiger partial charge in [0.1, 0.15) is 5.78 Å². The number of fused-ring (bicyclic) bond motifs is 3. The van der Waals surface area contributed by atoms with E-state index in [0.29, 0.717) is 5.78 Å². The number of carbonyl (C=O) groups is 1. The number of aryl methyl sites for hydroxylation is 1. The number of hydrogen-bond acceptors (Lipinski definition) is 2. The van der Waals surface area contributed by atoms with E-state index >= 15 is 0 Å². The molecule has 2 heteroatoms. The van der Waals surface area contributed by atoms with Crippen molar-refractivity contribution in [3.05, 3.63) is 35.4 Å². The predicted molar refractivity (Wildman–Crippen MR) is 86.5 cm³/mol. The SMILES string of the molecule is CC(C)C(=O)[C@]12CCN(C)C[C@@]1(C)CCc1ccccc12. The number of ketones is 1. The third-order valence-electron chi connectivity index (χ3n) is 5.89. The van der Waals surface area contributed by atoms with Crippen molar-refractivity contribution >= 4 is 5.78 Å². The predicted octanol–water partition coefficient (Wildman–Crippen LogP) is 3.44. The van der Waals surface area contributed by atoms with Crippen molar-refractivity contribution in [1.82, 2.24) is 4.90 Å². The van der Waals surface area contributed by atoms with Gasteiger partial charge in [0.05, 0.1) is 5.41 Å². The summed E-state index contributed by atoms with van der Waals surface area (Å²) >= 11 is 0. The van der Waals surface area contributed by atoms with Gasteiger partial charge in [0.15, 0.2) is 0 Å². The van der Waals surface area contributed by atoms with Crippen molar-refractivity contribution in [2.24, 2.45) is 11.3 Å². The Morgan fingerprint density at radius 1 is 1.24 bits per heavy atom. The first-order valence-corrected chi connectivity index (χ1v) is 8.22. The van der Waals surface area contributed by atoms with Gasteiger partial charge in [0.2, 0.25) is 0 Å². The van der Waals surface area contributed by atoms with Gasteiger partial charge in [-0.05, 0) is 49.4 Å². The molecule has 0 spiro atoms. The molecule has 1 saturated heterocycles. The molecule has 2 nitrogen and oxygen atoms in total. The van der Waals surface area contributed by atoms with Crippen LogP contribution in [0.4, 0.5) is 0 Å². The van der Waals surface area contributed by atoms with Crippen molar-refractivity contribution < 1.29 is 4.79 Å². The van der Waals surface area contributed by atoms with Gasteiger partial charge in [-0.1, -0.05) is 45.0 Å². The number of nitrogens with zero attached hydrogens (tertiary/aromatic N) is 1. The average Bonchev–Trinajstić information content (AvgIpc) is 2.45. The maximum absolute atomic E-state index is 13.3. The summed E-state index contributed by atoms with van der Waals surface area (Å²) in [5.74, 6) is 0.545. The second kappa shape index (κ2) is 4.95. The molecule has 0 N–H and O–H groups in total. The molecule has 114 valence electrons. The Labute approximate surface area is 128 Å². The molecule has 0 aromatic heterocycles. The van der Waals surface area contributed by atoms with Crippen LogP contribution in [0.2, 0.25) is 0 Å². The fourth-order valence-electron chi connectivity index (χ4n) is 4.83. The van der Waals surface area contributed by atoms with E-state index in [-0.39, 0.29) is 16.7 Å². The van der Waals surface area contributed by atoms with Crippen LogP contribution in [0, 0.1) is 11.3 Å². The Morgan fingerprint density at radius 3 is 2.67 bits per heavy atom. The highest BCUT2D eigenvalue weighted by molar-refractivity contribution is 5.93. The molecule has 2 atom stereocenters. The van der Waals surface area contributed by atoms with E-state index in [1.54, 1.807) is 0 Å². The summed E-state index contributed by atoms with van der Waals surface area (Å²) in [7, 11) is 2.19. The number of Topliss-reactive ketones (excluding diaryl/α,β-unsaturated/α-hetero) is 1. The van der Waals surface area contributed by atoms with Gasteiger partial charge in [0, 0.05) is 12.5 Å². The first kappa shape index (κ1) is 14.8. The van der Waals surface area contributed by atoms with Crippen molar-refractivity contribution in [2.75, 3.05) is 20.1 Å². The highest BCUT2D eigenvalue weighted by Gasteiger charge is 2.58. The molecular formula is C19H27NO. The third kappa shape index (κ3) is 1.99. The Kier molecular flexibility index (Phi) is 3.48. The maximum atomic E-state index is 13.3. The normalized spacial score (nSPS) is 32.6. The van der Waals surface area contributed by atoms with E-state index in [9.17, 15) is 4.79 Å². The van der Waals surface area contributed by atoms with Crippen LogP contribution in [0.5, 0.6) is 0 Å². The van der Waals surface area contributed by atoms with Crippen molar-refractivity contribution in [3.63, 3.8) is 0 Å². The molecule has 1 aliphatic heterocycles. The van der Waals surface area contributed by atoms with E-state index in [1.165, 1.54) is 11.1 Å². The van der Waals surface area contributed by atoms with Gasteiger partial charge in [-0.2, -0.15) is 0 Å². The van der Waals surface area contributed by atoms with Crippen LogP contribution in [0.3, 0.4) is 0 Å². The minimum absolute atomic E-state index is 0.0652. The molecule has 0 bridgehead atoms. The molecule has 1 aromatic rings. The van der Waals surface area contributed by atoms with E-state index in [2.05, 4.69) is 57.0 Å². The monoisotopic (exact) mass is 285 g/mol. The number of benzene rings is 1. The van der Waals surface area contributed by atoms with Crippen LogP contribution < -0.4 is 0 Å². The summed E-state index contributed by atoms with van der Waals surface area (Å²) in [6.45, 7) is 8.52. The van der Waals surface area contributed by atoms with E-state index in [4.69, 9.17) is 0 Å². The van der Waals surface area contributed by atoms with Crippen LogP contribution in [-0.2, 0) is 16.6 Å². The topological polar surface area (TPSA) is 20.3 Å². The number of piperidine rings is 1. The molecule has 0 radical (unpaired) electrons. The summed E-state index contributed by atoms with van der Waals surface area (Å²) in [5, 5.41) is 0. The Bertz CT molecular complexity index is 564. The summed E-state index contributed by atoms with van der Waals surface area (Å²) < 4.78 is 0. The Morgan fingerprint density at radius 2 is 1.95 bits per heavy atom. The molecule has 0 saturated carbocycles. The van der Waals surface area contributed by atoms with Gasteiger partial charge in [-0.25, -0.2) is 0 Å². The van der Waals surface area contributed by atoms with Crippen molar-refractivity contribution in [1.29, 1.82) is 0 Å². The largest absolute Gasteiger partial charge is 0.306 e. The quantitative estimate of drug-likeness (QED) is 0.829. The lowest BCUT2D eigenvalue weighted by Gasteiger charge is -2.57.